The van der Waals surface area contributed by atoms with Crippen molar-refractivity contribution in [3.63, 3.8) is 0 Å². The molecule has 11 nitrogen and oxygen atoms in total. The maximum absolute atomic E-state index is 13.5. The molecule has 0 aromatic heterocycles. The van der Waals surface area contributed by atoms with Crippen LogP contribution < -0.4 is 5.32 Å². The molecule has 1 heterocycles. The third-order valence-electron chi connectivity index (χ3n) is 17.0. The predicted octanol–water partition coefficient (Wildman–Crippen LogP) is 19.4. The number of rotatable bonds is 63. The van der Waals surface area contributed by atoms with Crippen molar-refractivity contribution < 1.29 is 49.3 Å². The van der Waals surface area contributed by atoms with Crippen molar-refractivity contribution >= 4 is 11.9 Å². The molecule has 0 radical (unpaired) electrons. The second-order valence-corrected chi connectivity index (χ2v) is 25.3. The number of ether oxygens (including phenoxy) is 3. The molecule has 0 aliphatic carbocycles. The van der Waals surface area contributed by atoms with Gasteiger partial charge in [0.1, 0.15) is 24.4 Å². The Hall–Kier alpha value is -3.42. The number of amides is 1. The standard InChI is InChI=1S/C78H137NO10/c1-4-7-10-13-16-19-22-25-27-29-31-33-35-37-38-40-42-44-47-50-53-56-59-62-65-71(82)77(86)79-69(70(81)64-61-58-55-52-49-46-24-21-18-15-12-9-6-3)68-87-78-76(75(85)74(84)72(67-80)88-78)89-73(83)66-63-60-57-54-51-48-45-43-41-39-36-34-32-30-28-26-23-20-17-14-11-8-5-2/h16-17,19-20,25-28,31-34,39,41,61,64,69-72,74-76,78,80-82,84-85H,4-15,18,21-24,29-30,35-38,40,42-60,62-63,65-68H2,1-3H3,(H,79,86)/b19-16-,20-17-,27-25-,28-26-,33-31-,34-32-,41-39-,64-61+. The number of carbonyl (C=O) groups excluding carboxylic acids is 2. The molecule has 0 spiro atoms. The van der Waals surface area contributed by atoms with Crippen LogP contribution in [0.15, 0.2) is 97.2 Å². The maximum atomic E-state index is 13.5. The third-order valence-corrected chi connectivity index (χ3v) is 17.0. The van der Waals surface area contributed by atoms with Crippen molar-refractivity contribution in [2.45, 2.75) is 372 Å². The third kappa shape index (κ3) is 51.7. The van der Waals surface area contributed by atoms with Crippen LogP contribution in [0, 0.1) is 0 Å². The van der Waals surface area contributed by atoms with Crippen LogP contribution in [0.2, 0.25) is 0 Å². The van der Waals surface area contributed by atoms with Gasteiger partial charge >= 0.3 is 5.97 Å². The molecule has 8 atom stereocenters. The Balaban J connectivity index is 2.59. The van der Waals surface area contributed by atoms with Crippen LogP contribution in [0.3, 0.4) is 0 Å². The van der Waals surface area contributed by atoms with Crippen LogP contribution in [0.4, 0.5) is 0 Å². The Morgan fingerprint density at radius 3 is 1.18 bits per heavy atom. The first kappa shape index (κ1) is 83.6. The van der Waals surface area contributed by atoms with Gasteiger partial charge in [0.15, 0.2) is 12.4 Å². The minimum absolute atomic E-state index is 0.108. The molecule has 1 amide bonds. The maximum Gasteiger partial charge on any atom is 0.306 e. The summed E-state index contributed by atoms with van der Waals surface area (Å²) >= 11 is 0. The van der Waals surface area contributed by atoms with Gasteiger partial charge in [0.25, 0.3) is 0 Å². The lowest BCUT2D eigenvalue weighted by Gasteiger charge is -2.41. The molecule has 1 saturated heterocycles. The molecular weight excluding hydrogens is 1110 g/mol. The zero-order chi connectivity index (χ0) is 64.6. The minimum Gasteiger partial charge on any atom is -0.454 e. The van der Waals surface area contributed by atoms with E-state index in [0.29, 0.717) is 12.8 Å². The fourth-order valence-electron chi connectivity index (χ4n) is 11.1. The Bertz CT molecular complexity index is 1820. The molecule has 89 heavy (non-hydrogen) atoms. The SMILES string of the molecule is CCCCC/C=C\C/C=C\C/C=C\C/C=C\CCCCCCCCCC(=O)OC1C(OCC(NC(=O)C(O)CCCCCCCCCCCCC/C=C\C/C=C\C/C=C\CCCCC)C(O)/C=C/CCCCCCCCCCCCC)OC(CO)C(O)C1O. The largest absolute Gasteiger partial charge is 0.454 e. The van der Waals surface area contributed by atoms with Crippen molar-refractivity contribution in [3.05, 3.63) is 97.2 Å². The summed E-state index contributed by atoms with van der Waals surface area (Å²) < 4.78 is 17.7. The van der Waals surface area contributed by atoms with Gasteiger partial charge in [-0.1, -0.05) is 304 Å². The average molecular weight is 1250 g/mol. The second-order valence-electron chi connectivity index (χ2n) is 25.3. The van der Waals surface area contributed by atoms with E-state index in [1.807, 2.05) is 6.08 Å². The van der Waals surface area contributed by atoms with Gasteiger partial charge in [0, 0.05) is 6.42 Å². The van der Waals surface area contributed by atoms with E-state index in [1.165, 1.54) is 154 Å². The van der Waals surface area contributed by atoms with Gasteiger partial charge in [-0.15, -0.1) is 0 Å². The molecule has 0 saturated carbocycles. The predicted molar refractivity (Wildman–Crippen MR) is 375 cm³/mol. The van der Waals surface area contributed by atoms with Gasteiger partial charge in [-0.3, -0.25) is 9.59 Å². The molecule has 0 aromatic carbocycles. The summed E-state index contributed by atoms with van der Waals surface area (Å²) in [5.41, 5.74) is 0. The van der Waals surface area contributed by atoms with Crippen LogP contribution in [0.5, 0.6) is 0 Å². The normalized spacial score (nSPS) is 18.7. The van der Waals surface area contributed by atoms with Crippen molar-refractivity contribution in [1.29, 1.82) is 0 Å². The van der Waals surface area contributed by atoms with Crippen LogP contribution in [-0.4, -0.2) is 99.6 Å². The number of unbranched alkanes of at least 4 members (excludes halogenated alkanes) is 35. The number of hydrogen-bond acceptors (Lipinski definition) is 10. The van der Waals surface area contributed by atoms with Crippen molar-refractivity contribution in [3.8, 4) is 0 Å². The highest BCUT2D eigenvalue weighted by Gasteiger charge is 2.47. The topological polar surface area (TPSA) is 175 Å². The molecular formula is C78H137NO10. The first-order valence-corrected chi connectivity index (χ1v) is 37.0. The molecule has 11 heteroatoms. The molecule has 8 unspecified atom stereocenters. The summed E-state index contributed by atoms with van der Waals surface area (Å²) in [6.07, 6.45) is 77.2. The number of nitrogens with one attached hydrogen (secondary N) is 1. The molecule has 1 rings (SSSR count). The lowest BCUT2D eigenvalue weighted by Crippen LogP contribution is -2.61. The van der Waals surface area contributed by atoms with Gasteiger partial charge in [-0.05, 0) is 109 Å². The Morgan fingerprint density at radius 1 is 0.438 bits per heavy atom. The van der Waals surface area contributed by atoms with Crippen molar-refractivity contribution in [2.24, 2.45) is 0 Å². The van der Waals surface area contributed by atoms with E-state index in [9.17, 15) is 35.1 Å². The summed E-state index contributed by atoms with van der Waals surface area (Å²) in [5.74, 6) is -1.20. The van der Waals surface area contributed by atoms with E-state index in [-0.39, 0.29) is 19.4 Å². The molecule has 1 aliphatic heterocycles. The van der Waals surface area contributed by atoms with Gasteiger partial charge in [0.05, 0.1) is 25.4 Å². The zero-order valence-corrected chi connectivity index (χ0v) is 57.3. The van der Waals surface area contributed by atoms with Gasteiger partial charge in [-0.2, -0.15) is 0 Å². The smallest absolute Gasteiger partial charge is 0.306 e. The highest BCUT2D eigenvalue weighted by atomic mass is 16.7. The number of allylic oxidation sites excluding steroid dienone is 15. The second kappa shape index (κ2) is 64.7. The van der Waals surface area contributed by atoms with Gasteiger partial charge < -0.3 is 45.1 Å². The van der Waals surface area contributed by atoms with Crippen molar-refractivity contribution in [2.75, 3.05) is 13.2 Å². The van der Waals surface area contributed by atoms with Gasteiger partial charge in [-0.25, -0.2) is 0 Å². The molecule has 1 aliphatic rings. The van der Waals surface area contributed by atoms with Crippen LogP contribution in [0.1, 0.15) is 323 Å². The average Bonchev–Trinajstić information content (AvgIpc) is 3.20. The highest BCUT2D eigenvalue weighted by molar-refractivity contribution is 5.80. The molecule has 514 valence electrons. The monoisotopic (exact) mass is 1250 g/mol. The lowest BCUT2D eigenvalue weighted by atomic mass is 9.99. The van der Waals surface area contributed by atoms with E-state index in [2.05, 4.69) is 111 Å². The molecule has 0 bridgehead atoms. The van der Waals surface area contributed by atoms with E-state index in [1.54, 1.807) is 6.08 Å². The number of hydrogen-bond donors (Lipinski definition) is 6. The van der Waals surface area contributed by atoms with Crippen LogP contribution >= 0.6 is 0 Å². The number of carbonyl (C=O) groups is 2. The van der Waals surface area contributed by atoms with E-state index in [0.717, 1.165) is 122 Å². The van der Waals surface area contributed by atoms with E-state index >= 15 is 0 Å². The molecule has 1 fully saturated rings. The fourth-order valence-corrected chi connectivity index (χ4v) is 11.1. The Morgan fingerprint density at radius 2 is 0.775 bits per heavy atom. The summed E-state index contributed by atoms with van der Waals surface area (Å²) in [6.45, 7) is 5.76. The summed E-state index contributed by atoms with van der Waals surface area (Å²) in [5, 5.41) is 57.3. The fraction of sp³-hybridized carbons (Fsp3) is 0.769. The Labute approximate surface area is 546 Å². The van der Waals surface area contributed by atoms with Crippen LogP contribution in [0.25, 0.3) is 0 Å². The van der Waals surface area contributed by atoms with Crippen LogP contribution in [-0.2, 0) is 23.8 Å². The summed E-state index contributed by atoms with van der Waals surface area (Å²) in [4.78, 5) is 26.7. The first-order chi connectivity index (χ1) is 43.7. The zero-order valence-electron chi connectivity index (χ0n) is 57.3. The summed E-state index contributed by atoms with van der Waals surface area (Å²) in [7, 11) is 0. The molecule has 6 N–H and O–H groups in total. The number of esters is 1. The lowest BCUT2D eigenvalue weighted by molar-refractivity contribution is -0.305. The Kier molecular flexibility index (Phi) is 60.7. The first-order valence-electron chi connectivity index (χ1n) is 37.0. The van der Waals surface area contributed by atoms with Crippen molar-refractivity contribution in [1.82, 2.24) is 5.32 Å². The quantitative estimate of drug-likeness (QED) is 0.0195. The van der Waals surface area contributed by atoms with E-state index in [4.69, 9.17) is 14.2 Å². The molecule has 0 aromatic rings. The van der Waals surface area contributed by atoms with E-state index < -0.39 is 67.4 Å². The number of aliphatic hydroxyl groups is 5. The summed E-state index contributed by atoms with van der Waals surface area (Å²) in [6, 6.07) is -1.03. The minimum atomic E-state index is -1.62. The highest BCUT2D eigenvalue weighted by Crippen LogP contribution is 2.26. The number of aliphatic hydroxyl groups excluding tert-OH is 5. The van der Waals surface area contributed by atoms with Gasteiger partial charge in [0.2, 0.25) is 5.91 Å².